The van der Waals surface area contributed by atoms with Crippen LogP contribution in [0.3, 0.4) is 0 Å². The monoisotopic (exact) mass is 454 g/mol. The van der Waals surface area contributed by atoms with Crippen molar-refractivity contribution in [3.05, 3.63) is 65.5 Å². The van der Waals surface area contributed by atoms with Crippen LogP contribution < -0.4 is 4.74 Å². The highest BCUT2D eigenvalue weighted by Crippen LogP contribution is 2.27. The second kappa shape index (κ2) is 10.0. The number of hydrogen-bond donors (Lipinski definition) is 0. The molecule has 2 aromatic rings. The first-order chi connectivity index (χ1) is 15.9. The van der Waals surface area contributed by atoms with Gasteiger partial charge in [0.1, 0.15) is 30.8 Å². The lowest BCUT2D eigenvalue weighted by Gasteiger charge is -2.30. The maximum Gasteiger partial charge on any atom is 0.329 e. The van der Waals surface area contributed by atoms with E-state index < -0.39 is 23.7 Å². The van der Waals surface area contributed by atoms with Gasteiger partial charge < -0.3 is 19.3 Å². The quantitative estimate of drug-likeness (QED) is 0.666. The second-order valence-electron chi connectivity index (χ2n) is 8.40. The molecule has 0 bridgehead atoms. The fourth-order valence-electron chi connectivity index (χ4n) is 4.35. The molecule has 2 aromatic carbocycles. The molecule has 0 spiro atoms. The van der Waals surface area contributed by atoms with E-state index in [0.29, 0.717) is 6.54 Å². The number of fused-ring (bicyclic) bond motifs is 2. The van der Waals surface area contributed by atoms with Crippen LogP contribution in [0.5, 0.6) is 5.75 Å². The number of halogens is 1. The normalized spacial score (nSPS) is 21.4. The van der Waals surface area contributed by atoms with E-state index in [1.165, 1.54) is 24.1 Å². The standard InChI is InChI=1S/C25H27FN2O5/c1-27-21(25(31)33-15-17-6-3-2-4-7-17)10-12-23(29)28-13-5-8-19(28)16-32-22-11-9-18(26)14-20(22)24(27)30/h2-4,6-7,9,11,14,19,21H,5,8,10,12-13,15-16H2,1H3. The van der Waals surface area contributed by atoms with Gasteiger partial charge in [-0.25, -0.2) is 9.18 Å². The molecule has 2 aliphatic rings. The zero-order valence-electron chi connectivity index (χ0n) is 18.5. The van der Waals surface area contributed by atoms with Crippen molar-refractivity contribution >= 4 is 17.8 Å². The summed E-state index contributed by atoms with van der Waals surface area (Å²) >= 11 is 0. The Morgan fingerprint density at radius 3 is 2.73 bits per heavy atom. The Hall–Kier alpha value is -3.42. The average Bonchev–Trinajstić information content (AvgIpc) is 3.30. The number of esters is 1. The molecule has 2 unspecified atom stereocenters. The van der Waals surface area contributed by atoms with E-state index in [1.807, 2.05) is 30.3 Å². The second-order valence-corrected chi connectivity index (χ2v) is 8.40. The third-order valence-electron chi connectivity index (χ3n) is 6.22. The molecule has 0 saturated carbocycles. The van der Waals surface area contributed by atoms with Gasteiger partial charge in [-0.15, -0.1) is 0 Å². The number of hydrogen-bond acceptors (Lipinski definition) is 5. The Morgan fingerprint density at radius 1 is 1.15 bits per heavy atom. The van der Waals surface area contributed by atoms with Gasteiger partial charge in [-0.1, -0.05) is 30.3 Å². The lowest BCUT2D eigenvalue weighted by atomic mass is 10.1. The van der Waals surface area contributed by atoms with Crippen LogP contribution in [0, 0.1) is 5.82 Å². The number of amides is 2. The summed E-state index contributed by atoms with van der Waals surface area (Å²) in [4.78, 5) is 42.2. The summed E-state index contributed by atoms with van der Waals surface area (Å²) in [6.07, 6.45) is 1.86. The van der Waals surface area contributed by atoms with E-state index in [4.69, 9.17) is 9.47 Å². The van der Waals surface area contributed by atoms with Gasteiger partial charge in [-0.3, -0.25) is 9.59 Å². The summed E-state index contributed by atoms with van der Waals surface area (Å²) in [5.74, 6) is -1.61. The molecule has 1 fully saturated rings. The molecule has 8 heteroatoms. The largest absolute Gasteiger partial charge is 0.491 e. The van der Waals surface area contributed by atoms with Gasteiger partial charge in [0.25, 0.3) is 5.91 Å². The Balaban J connectivity index is 1.62. The third-order valence-corrected chi connectivity index (χ3v) is 6.22. The number of benzene rings is 2. The van der Waals surface area contributed by atoms with Crippen LogP contribution in [-0.2, 0) is 20.9 Å². The van der Waals surface area contributed by atoms with E-state index in [2.05, 4.69) is 0 Å². The van der Waals surface area contributed by atoms with Crippen molar-refractivity contribution in [3.8, 4) is 5.75 Å². The highest BCUT2D eigenvalue weighted by atomic mass is 19.1. The molecule has 2 heterocycles. The van der Waals surface area contributed by atoms with Crippen LogP contribution in [0.2, 0.25) is 0 Å². The van der Waals surface area contributed by atoms with Crippen molar-refractivity contribution in [1.29, 1.82) is 0 Å². The average molecular weight is 454 g/mol. The highest BCUT2D eigenvalue weighted by Gasteiger charge is 2.35. The first-order valence-corrected chi connectivity index (χ1v) is 11.1. The van der Waals surface area contributed by atoms with Crippen LogP contribution in [0.4, 0.5) is 4.39 Å². The topological polar surface area (TPSA) is 76.2 Å². The van der Waals surface area contributed by atoms with Crippen molar-refractivity contribution in [1.82, 2.24) is 9.80 Å². The maximum atomic E-state index is 14.0. The van der Waals surface area contributed by atoms with E-state index >= 15 is 0 Å². The molecule has 0 radical (unpaired) electrons. The zero-order valence-corrected chi connectivity index (χ0v) is 18.5. The number of carbonyl (C=O) groups excluding carboxylic acids is 3. The van der Waals surface area contributed by atoms with Crippen LogP contribution in [-0.4, -0.2) is 59.9 Å². The number of carbonyl (C=O) groups is 3. The van der Waals surface area contributed by atoms with Crippen molar-refractivity contribution in [2.75, 3.05) is 20.2 Å². The van der Waals surface area contributed by atoms with Crippen molar-refractivity contribution in [2.45, 2.75) is 44.4 Å². The van der Waals surface area contributed by atoms with E-state index in [-0.39, 0.29) is 49.3 Å². The van der Waals surface area contributed by atoms with Gasteiger partial charge in [0.2, 0.25) is 5.91 Å². The minimum atomic E-state index is -0.998. The Bertz CT molecular complexity index is 1030. The number of nitrogens with zero attached hydrogens (tertiary/aromatic N) is 2. The van der Waals surface area contributed by atoms with Crippen LogP contribution in [0.15, 0.2) is 48.5 Å². The van der Waals surface area contributed by atoms with Crippen molar-refractivity contribution in [3.63, 3.8) is 0 Å². The third kappa shape index (κ3) is 5.16. The summed E-state index contributed by atoms with van der Waals surface area (Å²) in [7, 11) is 1.46. The Morgan fingerprint density at radius 2 is 1.94 bits per heavy atom. The van der Waals surface area contributed by atoms with Gasteiger partial charge in [-0.2, -0.15) is 0 Å². The first-order valence-electron chi connectivity index (χ1n) is 11.1. The molecular formula is C25H27FN2O5. The van der Waals surface area contributed by atoms with E-state index in [1.54, 1.807) is 4.90 Å². The van der Waals surface area contributed by atoms with E-state index in [9.17, 15) is 18.8 Å². The lowest BCUT2D eigenvalue weighted by Crippen LogP contribution is -2.46. The summed E-state index contributed by atoms with van der Waals surface area (Å²) in [6, 6.07) is 11.8. The molecule has 0 N–H and O–H groups in total. The molecule has 2 atom stereocenters. The zero-order chi connectivity index (χ0) is 23.4. The summed E-state index contributed by atoms with van der Waals surface area (Å²) in [6.45, 7) is 0.902. The molecule has 1 saturated heterocycles. The van der Waals surface area contributed by atoms with Gasteiger partial charge in [0.15, 0.2) is 0 Å². The Labute approximate surface area is 192 Å². The number of likely N-dealkylation sites (N-methyl/N-ethyl adjacent to an activating group) is 1. The highest BCUT2D eigenvalue weighted by molar-refractivity contribution is 5.99. The Kier molecular flexibility index (Phi) is 6.91. The lowest BCUT2D eigenvalue weighted by molar-refractivity contribution is -0.150. The van der Waals surface area contributed by atoms with Crippen LogP contribution in [0.25, 0.3) is 0 Å². The molecule has 0 aliphatic carbocycles. The summed E-state index contributed by atoms with van der Waals surface area (Å²) in [5.41, 5.74) is 0.847. The van der Waals surface area contributed by atoms with Gasteiger partial charge in [0, 0.05) is 20.0 Å². The number of rotatable bonds is 3. The van der Waals surface area contributed by atoms with E-state index in [0.717, 1.165) is 24.5 Å². The number of ether oxygens (including phenoxy) is 2. The van der Waals surface area contributed by atoms with Gasteiger partial charge in [-0.05, 0) is 43.0 Å². The minimum absolute atomic E-state index is 0.0369. The molecular weight excluding hydrogens is 427 g/mol. The van der Waals surface area contributed by atoms with Crippen LogP contribution >= 0.6 is 0 Å². The maximum absolute atomic E-state index is 14.0. The minimum Gasteiger partial charge on any atom is -0.491 e. The first kappa shape index (κ1) is 22.8. The molecule has 4 rings (SSSR count). The summed E-state index contributed by atoms with van der Waals surface area (Å²) in [5, 5.41) is 0. The smallest absolute Gasteiger partial charge is 0.329 e. The van der Waals surface area contributed by atoms with Crippen LogP contribution in [0.1, 0.15) is 41.6 Å². The van der Waals surface area contributed by atoms with Gasteiger partial charge in [0.05, 0.1) is 11.6 Å². The molecule has 7 nitrogen and oxygen atoms in total. The molecule has 33 heavy (non-hydrogen) atoms. The van der Waals surface area contributed by atoms with Gasteiger partial charge >= 0.3 is 5.97 Å². The van der Waals surface area contributed by atoms with Crippen molar-refractivity contribution in [2.24, 2.45) is 0 Å². The molecule has 174 valence electrons. The molecule has 2 amide bonds. The van der Waals surface area contributed by atoms with Crippen molar-refractivity contribution < 1.29 is 28.2 Å². The molecule has 0 aromatic heterocycles. The SMILES string of the molecule is CN1C(=O)c2cc(F)ccc2OCC2CCCN2C(=O)CCC1C(=O)OCc1ccccc1. The summed E-state index contributed by atoms with van der Waals surface area (Å²) < 4.78 is 25.4. The fourth-order valence-corrected chi connectivity index (χ4v) is 4.35. The predicted octanol–water partition coefficient (Wildman–Crippen LogP) is 3.17. The predicted molar refractivity (Wildman–Crippen MR) is 118 cm³/mol. The fraction of sp³-hybridized carbons (Fsp3) is 0.400. The molecule has 2 aliphatic heterocycles.